The fourth-order valence-electron chi connectivity index (χ4n) is 2.75. The average molecular weight is 291 g/mol. The average Bonchev–Trinajstić information content (AvgIpc) is 2.95. The number of rotatable bonds is 8. The summed E-state index contributed by atoms with van der Waals surface area (Å²) in [4.78, 5) is 11.4. The quantitative estimate of drug-likeness (QED) is 0.771. The Balaban J connectivity index is 1.82. The lowest BCUT2D eigenvalue weighted by atomic mass is 10.1. The van der Waals surface area contributed by atoms with Gasteiger partial charge in [-0.25, -0.2) is 9.97 Å². The second kappa shape index (κ2) is 8.17. The SMILES string of the molecule is CCCNc1cc(NCC(C)CN2CCCC2)nc(C)n1. The van der Waals surface area contributed by atoms with E-state index in [1.807, 2.05) is 13.0 Å². The Bertz CT molecular complexity index is 429. The van der Waals surface area contributed by atoms with Gasteiger partial charge in [0, 0.05) is 25.7 Å². The number of hydrogen-bond donors (Lipinski definition) is 2. The first-order valence-corrected chi connectivity index (χ1v) is 8.23. The topological polar surface area (TPSA) is 53.1 Å². The van der Waals surface area contributed by atoms with Gasteiger partial charge in [0.25, 0.3) is 0 Å². The van der Waals surface area contributed by atoms with Gasteiger partial charge in [0.15, 0.2) is 0 Å². The van der Waals surface area contributed by atoms with Gasteiger partial charge in [0.05, 0.1) is 0 Å². The molecule has 0 saturated carbocycles. The van der Waals surface area contributed by atoms with E-state index >= 15 is 0 Å². The number of nitrogens with one attached hydrogen (secondary N) is 2. The van der Waals surface area contributed by atoms with Gasteiger partial charge in [-0.05, 0) is 45.2 Å². The van der Waals surface area contributed by atoms with Crippen molar-refractivity contribution in [2.24, 2.45) is 5.92 Å². The van der Waals surface area contributed by atoms with Crippen molar-refractivity contribution in [2.45, 2.75) is 40.0 Å². The molecule has 0 spiro atoms. The van der Waals surface area contributed by atoms with Crippen LogP contribution in [0.1, 0.15) is 38.9 Å². The van der Waals surface area contributed by atoms with Crippen LogP contribution >= 0.6 is 0 Å². The maximum atomic E-state index is 4.47. The molecule has 1 aromatic rings. The summed E-state index contributed by atoms with van der Waals surface area (Å²) in [6.07, 6.45) is 3.81. The van der Waals surface area contributed by atoms with E-state index in [0.29, 0.717) is 5.92 Å². The van der Waals surface area contributed by atoms with Crippen LogP contribution in [0.3, 0.4) is 0 Å². The molecule has 2 N–H and O–H groups in total. The first kappa shape index (κ1) is 16.0. The fraction of sp³-hybridized carbons (Fsp3) is 0.750. The third kappa shape index (κ3) is 5.50. The first-order chi connectivity index (χ1) is 10.2. The summed E-state index contributed by atoms with van der Waals surface area (Å²) < 4.78 is 0. The lowest BCUT2D eigenvalue weighted by Crippen LogP contribution is -2.29. The molecule has 1 saturated heterocycles. The minimum absolute atomic E-state index is 0.630. The van der Waals surface area contributed by atoms with E-state index in [9.17, 15) is 0 Å². The van der Waals surface area contributed by atoms with Gasteiger partial charge in [-0.1, -0.05) is 13.8 Å². The maximum Gasteiger partial charge on any atom is 0.131 e. The van der Waals surface area contributed by atoms with Gasteiger partial charge < -0.3 is 15.5 Å². The van der Waals surface area contributed by atoms with Crippen LogP contribution in [0.2, 0.25) is 0 Å². The summed E-state index contributed by atoms with van der Waals surface area (Å²) in [5.74, 6) is 3.28. The monoisotopic (exact) mass is 291 g/mol. The normalized spacial score (nSPS) is 16.9. The molecule has 2 rings (SSSR count). The summed E-state index contributed by atoms with van der Waals surface area (Å²) in [7, 11) is 0. The number of aromatic nitrogens is 2. The van der Waals surface area contributed by atoms with E-state index in [4.69, 9.17) is 0 Å². The minimum Gasteiger partial charge on any atom is -0.370 e. The molecule has 1 aromatic heterocycles. The van der Waals surface area contributed by atoms with Crippen LogP contribution in [0.4, 0.5) is 11.6 Å². The predicted molar refractivity (Wildman–Crippen MR) is 88.9 cm³/mol. The van der Waals surface area contributed by atoms with Crippen molar-refractivity contribution in [2.75, 3.05) is 43.4 Å². The van der Waals surface area contributed by atoms with Gasteiger partial charge in [0.1, 0.15) is 17.5 Å². The van der Waals surface area contributed by atoms with Crippen molar-refractivity contribution in [1.82, 2.24) is 14.9 Å². The van der Waals surface area contributed by atoms with Crippen molar-refractivity contribution in [3.63, 3.8) is 0 Å². The standard InChI is InChI=1S/C16H29N5/c1-4-7-17-15-10-16(20-14(3)19-15)18-11-13(2)12-21-8-5-6-9-21/h10,13H,4-9,11-12H2,1-3H3,(H2,17,18,19,20). The van der Waals surface area contributed by atoms with E-state index in [0.717, 1.165) is 37.0 Å². The molecule has 1 aliphatic heterocycles. The zero-order chi connectivity index (χ0) is 15.1. The van der Waals surface area contributed by atoms with Crippen molar-refractivity contribution in [3.05, 3.63) is 11.9 Å². The molecule has 5 nitrogen and oxygen atoms in total. The van der Waals surface area contributed by atoms with Crippen molar-refractivity contribution >= 4 is 11.6 Å². The summed E-state index contributed by atoms with van der Waals surface area (Å²) in [5, 5.41) is 6.78. The summed E-state index contributed by atoms with van der Waals surface area (Å²) in [6.45, 7) is 12.0. The number of likely N-dealkylation sites (tertiary alicyclic amines) is 1. The Hall–Kier alpha value is -1.36. The Morgan fingerprint density at radius 1 is 1.19 bits per heavy atom. The lowest BCUT2D eigenvalue weighted by molar-refractivity contribution is 0.294. The molecule has 0 aromatic carbocycles. The fourth-order valence-corrected chi connectivity index (χ4v) is 2.75. The maximum absolute atomic E-state index is 4.47. The van der Waals surface area contributed by atoms with Crippen LogP contribution in [0.25, 0.3) is 0 Å². The zero-order valence-corrected chi connectivity index (χ0v) is 13.7. The summed E-state index contributed by atoms with van der Waals surface area (Å²) in [5.41, 5.74) is 0. The molecule has 0 amide bonds. The van der Waals surface area contributed by atoms with Crippen LogP contribution < -0.4 is 10.6 Å². The molecule has 1 unspecified atom stereocenters. The molecule has 0 radical (unpaired) electrons. The molecular weight excluding hydrogens is 262 g/mol. The smallest absolute Gasteiger partial charge is 0.131 e. The Morgan fingerprint density at radius 2 is 1.86 bits per heavy atom. The van der Waals surface area contributed by atoms with E-state index in [1.54, 1.807) is 0 Å². The molecular formula is C16H29N5. The van der Waals surface area contributed by atoms with Crippen LogP contribution in [0.5, 0.6) is 0 Å². The third-order valence-corrected chi connectivity index (χ3v) is 3.79. The molecule has 2 heterocycles. The van der Waals surface area contributed by atoms with Crippen molar-refractivity contribution < 1.29 is 0 Å². The Morgan fingerprint density at radius 3 is 2.52 bits per heavy atom. The van der Waals surface area contributed by atoms with Crippen molar-refractivity contribution in [1.29, 1.82) is 0 Å². The highest BCUT2D eigenvalue weighted by Crippen LogP contribution is 2.13. The van der Waals surface area contributed by atoms with Crippen LogP contribution in [-0.2, 0) is 0 Å². The van der Waals surface area contributed by atoms with E-state index in [1.165, 1.54) is 32.5 Å². The van der Waals surface area contributed by atoms with Crippen LogP contribution in [0, 0.1) is 12.8 Å². The van der Waals surface area contributed by atoms with Gasteiger partial charge in [-0.3, -0.25) is 0 Å². The summed E-state index contributed by atoms with van der Waals surface area (Å²) >= 11 is 0. The van der Waals surface area contributed by atoms with Gasteiger partial charge >= 0.3 is 0 Å². The second-order valence-corrected chi connectivity index (χ2v) is 6.11. The molecule has 21 heavy (non-hydrogen) atoms. The van der Waals surface area contributed by atoms with Crippen LogP contribution in [-0.4, -0.2) is 47.6 Å². The van der Waals surface area contributed by atoms with E-state index in [-0.39, 0.29) is 0 Å². The highest BCUT2D eigenvalue weighted by Gasteiger charge is 2.14. The van der Waals surface area contributed by atoms with E-state index < -0.39 is 0 Å². The molecule has 1 atom stereocenters. The molecule has 5 heteroatoms. The molecule has 1 aliphatic rings. The highest BCUT2D eigenvalue weighted by molar-refractivity contribution is 5.47. The van der Waals surface area contributed by atoms with E-state index in [2.05, 4.69) is 39.3 Å². The highest BCUT2D eigenvalue weighted by atomic mass is 15.1. The van der Waals surface area contributed by atoms with Gasteiger partial charge in [-0.2, -0.15) is 0 Å². The number of aryl methyl sites for hydroxylation is 1. The minimum atomic E-state index is 0.630. The number of hydrogen-bond acceptors (Lipinski definition) is 5. The Kier molecular flexibility index (Phi) is 6.23. The van der Waals surface area contributed by atoms with Crippen LogP contribution in [0.15, 0.2) is 6.07 Å². The second-order valence-electron chi connectivity index (χ2n) is 6.11. The first-order valence-electron chi connectivity index (χ1n) is 8.23. The summed E-state index contributed by atoms with van der Waals surface area (Å²) in [6, 6.07) is 2.01. The predicted octanol–water partition coefficient (Wildman–Crippen LogP) is 2.75. The molecule has 0 bridgehead atoms. The Labute approximate surface area is 128 Å². The molecule has 0 aliphatic carbocycles. The van der Waals surface area contributed by atoms with Gasteiger partial charge in [-0.15, -0.1) is 0 Å². The largest absolute Gasteiger partial charge is 0.370 e. The third-order valence-electron chi connectivity index (χ3n) is 3.79. The zero-order valence-electron chi connectivity index (χ0n) is 13.7. The molecule has 1 fully saturated rings. The molecule has 118 valence electrons. The lowest BCUT2D eigenvalue weighted by Gasteiger charge is -2.20. The number of anilines is 2. The van der Waals surface area contributed by atoms with Crippen molar-refractivity contribution in [3.8, 4) is 0 Å². The number of nitrogens with zero attached hydrogens (tertiary/aromatic N) is 3. The van der Waals surface area contributed by atoms with Gasteiger partial charge in [0.2, 0.25) is 0 Å².